The summed E-state index contributed by atoms with van der Waals surface area (Å²) in [5.74, 6) is 0.590. The molecule has 21 heavy (non-hydrogen) atoms. The molecule has 0 spiro atoms. The second-order valence-electron chi connectivity index (χ2n) is 6.31. The lowest BCUT2D eigenvalue weighted by Gasteiger charge is -2.32. The van der Waals surface area contributed by atoms with Gasteiger partial charge in [0.2, 0.25) is 5.13 Å². The first-order valence-electron chi connectivity index (χ1n) is 7.94. The Morgan fingerprint density at radius 1 is 1.14 bits per heavy atom. The fraction of sp³-hybridized carbons (Fsp3) is 0.786. The molecule has 2 saturated heterocycles. The molecule has 0 aromatic carbocycles. The van der Waals surface area contributed by atoms with Crippen LogP contribution in [0.3, 0.4) is 0 Å². The minimum Gasteiger partial charge on any atom is -0.333 e. The standard InChI is InChI=1S/C14H21N5OS/c20-13(16-14-18-17-12(21-14)9-4-5-9)15-10-6-8-19-7-2-1-3-11(10)19/h9-11H,1-8H2,(H2,15,16,18,20)/t10-,11+/m1/s1. The second kappa shape index (κ2) is 5.53. The summed E-state index contributed by atoms with van der Waals surface area (Å²) in [6.45, 7) is 2.30. The molecule has 1 saturated carbocycles. The number of nitrogens with zero attached hydrogens (tertiary/aromatic N) is 3. The van der Waals surface area contributed by atoms with Crippen molar-refractivity contribution in [2.45, 2.75) is 56.5 Å². The molecule has 2 atom stereocenters. The van der Waals surface area contributed by atoms with Gasteiger partial charge in [0.15, 0.2) is 0 Å². The molecule has 2 amide bonds. The maximum Gasteiger partial charge on any atom is 0.321 e. The van der Waals surface area contributed by atoms with Crippen LogP contribution in [0.25, 0.3) is 0 Å². The monoisotopic (exact) mass is 307 g/mol. The van der Waals surface area contributed by atoms with Gasteiger partial charge in [-0.2, -0.15) is 0 Å². The van der Waals surface area contributed by atoms with Crippen molar-refractivity contribution in [3.8, 4) is 0 Å². The molecule has 2 aliphatic heterocycles. The number of carbonyl (C=O) groups excluding carboxylic acids is 1. The summed E-state index contributed by atoms with van der Waals surface area (Å²) < 4.78 is 0. The Balaban J connectivity index is 1.32. The molecule has 1 aliphatic carbocycles. The molecule has 2 N–H and O–H groups in total. The van der Waals surface area contributed by atoms with E-state index in [0.29, 0.717) is 17.1 Å². The molecular formula is C14H21N5OS. The summed E-state index contributed by atoms with van der Waals surface area (Å²) in [6.07, 6.45) is 7.25. The third kappa shape index (κ3) is 2.89. The van der Waals surface area contributed by atoms with E-state index >= 15 is 0 Å². The average Bonchev–Trinajstić information content (AvgIpc) is 3.12. The highest BCUT2D eigenvalue weighted by molar-refractivity contribution is 7.15. The number of carbonyl (C=O) groups is 1. The number of piperidine rings is 1. The van der Waals surface area contributed by atoms with E-state index in [1.165, 1.54) is 50.0 Å². The van der Waals surface area contributed by atoms with Gasteiger partial charge in [-0.25, -0.2) is 4.79 Å². The predicted molar refractivity (Wildman–Crippen MR) is 81.7 cm³/mol. The minimum atomic E-state index is -0.133. The van der Waals surface area contributed by atoms with Crippen LogP contribution in [0.4, 0.5) is 9.93 Å². The summed E-state index contributed by atoms with van der Waals surface area (Å²) in [4.78, 5) is 14.7. The minimum absolute atomic E-state index is 0.133. The fourth-order valence-corrected chi connectivity index (χ4v) is 4.41. The number of amides is 2. The van der Waals surface area contributed by atoms with E-state index in [-0.39, 0.29) is 12.1 Å². The van der Waals surface area contributed by atoms with Crippen molar-refractivity contribution in [2.24, 2.45) is 0 Å². The Morgan fingerprint density at radius 2 is 2.05 bits per heavy atom. The summed E-state index contributed by atoms with van der Waals surface area (Å²) >= 11 is 1.51. The van der Waals surface area contributed by atoms with Crippen LogP contribution in [-0.4, -0.2) is 46.3 Å². The van der Waals surface area contributed by atoms with Crippen molar-refractivity contribution in [1.82, 2.24) is 20.4 Å². The number of fused-ring (bicyclic) bond motifs is 1. The van der Waals surface area contributed by atoms with Gasteiger partial charge in [-0.15, -0.1) is 10.2 Å². The molecule has 7 heteroatoms. The lowest BCUT2D eigenvalue weighted by Crippen LogP contribution is -2.47. The van der Waals surface area contributed by atoms with Crippen LogP contribution in [0.15, 0.2) is 0 Å². The SMILES string of the molecule is O=C(Nc1nnc(C2CC2)s1)N[C@@H]1CCN2CCCC[C@@H]12. The van der Waals surface area contributed by atoms with Gasteiger partial charge in [0.25, 0.3) is 0 Å². The van der Waals surface area contributed by atoms with Gasteiger partial charge < -0.3 is 5.32 Å². The van der Waals surface area contributed by atoms with E-state index in [4.69, 9.17) is 0 Å². The second-order valence-corrected chi connectivity index (χ2v) is 7.32. The van der Waals surface area contributed by atoms with Crippen LogP contribution < -0.4 is 10.6 Å². The van der Waals surface area contributed by atoms with Gasteiger partial charge in [0.05, 0.1) is 0 Å². The molecule has 3 aliphatic rings. The molecule has 0 bridgehead atoms. The lowest BCUT2D eigenvalue weighted by molar-refractivity contribution is 0.180. The van der Waals surface area contributed by atoms with Crippen LogP contribution in [0.1, 0.15) is 49.5 Å². The summed E-state index contributed by atoms with van der Waals surface area (Å²) in [5, 5.41) is 15.9. The quantitative estimate of drug-likeness (QED) is 0.898. The van der Waals surface area contributed by atoms with Crippen molar-refractivity contribution < 1.29 is 4.79 Å². The number of aromatic nitrogens is 2. The van der Waals surface area contributed by atoms with Crippen molar-refractivity contribution >= 4 is 22.5 Å². The highest BCUT2D eigenvalue weighted by atomic mass is 32.1. The third-order valence-electron chi connectivity index (χ3n) is 4.76. The van der Waals surface area contributed by atoms with Crippen molar-refractivity contribution in [1.29, 1.82) is 0 Å². The van der Waals surface area contributed by atoms with E-state index in [1.54, 1.807) is 0 Å². The zero-order valence-electron chi connectivity index (χ0n) is 12.0. The molecule has 1 aromatic heterocycles. The summed E-state index contributed by atoms with van der Waals surface area (Å²) in [5.41, 5.74) is 0. The first-order chi connectivity index (χ1) is 10.3. The van der Waals surface area contributed by atoms with Crippen LogP contribution in [0, 0.1) is 0 Å². The van der Waals surface area contributed by atoms with Gasteiger partial charge in [-0.1, -0.05) is 17.8 Å². The van der Waals surface area contributed by atoms with Gasteiger partial charge in [-0.3, -0.25) is 10.2 Å². The first kappa shape index (κ1) is 13.5. The third-order valence-corrected chi connectivity index (χ3v) is 5.76. The van der Waals surface area contributed by atoms with Crippen molar-refractivity contribution in [3.63, 3.8) is 0 Å². The Labute approximate surface area is 128 Å². The van der Waals surface area contributed by atoms with Crippen molar-refractivity contribution in [2.75, 3.05) is 18.4 Å². The average molecular weight is 307 g/mol. The van der Waals surface area contributed by atoms with E-state index in [2.05, 4.69) is 25.7 Å². The molecule has 3 fully saturated rings. The molecule has 0 radical (unpaired) electrons. The van der Waals surface area contributed by atoms with Gasteiger partial charge in [0.1, 0.15) is 5.01 Å². The van der Waals surface area contributed by atoms with Crippen LogP contribution in [0.2, 0.25) is 0 Å². The van der Waals surface area contributed by atoms with Crippen LogP contribution in [-0.2, 0) is 0 Å². The fourth-order valence-electron chi connectivity index (χ4n) is 3.50. The number of hydrogen-bond acceptors (Lipinski definition) is 5. The van der Waals surface area contributed by atoms with Gasteiger partial charge in [0, 0.05) is 24.5 Å². The maximum absolute atomic E-state index is 12.1. The Bertz CT molecular complexity index is 529. The molecular weight excluding hydrogens is 286 g/mol. The summed E-state index contributed by atoms with van der Waals surface area (Å²) in [7, 11) is 0. The summed E-state index contributed by atoms with van der Waals surface area (Å²) in [6, 6.07) is 0.674. The Morgan fingerprint density at radius 3 is 2.90 bits per heavy atom. The zero-order valence-corrected chi connectivity index (χ0v) is 12.9. The van der Waals surface area contributed by atoms with Crippen LogP contribution >= 0.6 is 11.3 Å². The highest BCUT2D eigenvalue weighted by Gasteiger charge is 2.36. The van der Waals surface area contributed by atoms with E-state index < -0.39 is 0 Å². The number of anilines is 1. The predicted octanol–water partition coefficient (Wildman–Crippen LogP) is 2.16. The number of rotatable bonds is 3. The molecule has 4 rings (SSSR count). The molecule has 6 nitrogen and oxygen atoms in total. The molecule has 3 heterocycles. The van der Waals surface area contributed by atoms with Gasteiger partial charge >= 0.3 is 6.03 Å². The van der Waals surface area contributed by atoms with Gasteiger partial charge in [-0.05, 0) is 38.6 Å². The number of hydrogen-bond donors (Lipinski definition) is 2. The largest absolute Gasteiger partial charge is 0.333 e. The smallest absolute Gasteiger partial charge is 0.321 e. The first-order valence-corrected chi connectivity index (χ1v) is 8.76. The number of urea groups is 1. The topological polar surface area (TPSA) is 70.1 Å². The zero-order chi connectivity index (χ0) is 14.2. The Hall–Kier alpha value is -1.21. The lowest BCUT2D eigenvalue weighted by atomic mass is 9.99. The van der Waals surface area contributed by atoms with E-state index in [0.717, 1.165) is 18.0 Å². The highest BCUT2D eigenvalue weighted by Crippen LogP contribution is 2.42. The molecule has 0 unspecified atom stereocenters. The maximum atomic E-state index is 12.1. The molecule has 1 aromatic rings. The van der Waals surface area contributed by atoms with E-state index in [1.807, 2.05) is 0 Å². The normalized spacial score (nSPS) is 29.1. The van der Waals surface area contributed by atoms with E-state index in [9.17, 15) is 4.79 Å². The Kier molecular flexibility index (Phi) is 3.54. The number of nitrogens with one attached hydrogen (secondary N) is 2. The van der Waals surface area contributed by atoms with Crippen LogP contribution in [0.5, 0.6) is 0 Å². The van der Waals surface area contributed by atoms with Crippen molar-refractivity contribution in [3.05, 3.63) is 5.01 Å². The molecule has 114 valence electrons.